The van der Waals surface area contributed by atoms with Crippen molar-refractivity contribution in [1.82, 2.24) is 29.0 Å². The molecule has 1 aliphatic carbocycles. The summed E-state index contributed by atoms with van der Waals surface area (Å²) >= 11 is 1.47. The molecule has 4 rings (SSSR count). The molecule has 190 valence electrons. The van der Waals surface area contributed by atoms with Crippen LogP contribution >= 0.6 is 11.5 Å². The monoisotopic (exact) mass is 495 g/mol. The minimum Gasteiger partial charge on any atom is -0.393 e. The number of hydrogen-bond donors (Lipinski definition) is 2. The lowest BCUT2D eigenvalue weighted by Crippen LogP contribution is -2.50. The topological polar surface area (TPSA) is 70.4 Å². The Bertz CT molecular complexity index is 1130. The summed E-state index contributed by atoms with van der Waals surface area (Å²) < 4.78 is 6.73. The first-order valence-corrected chi connectivity index (χ1v) is 13.5. The highest BCUT2D eigenvalue weighted by Gasteiger charge is 2.38. The van der Waals surface area contributed by atoms with Gasteiger partial charge in [0.15, 0.2) is 11.5 Å². The zero-order valence-corrected chi connectivity index (χ0v) is 23.0. The van der Waals surface area contributed by atoms with E-state index in [9.17, 15) is 0 Å². The summed E-state index contributed by atoms with van der Waals surface area (Å²) in [5.74, 6) is 0.728. The van der Waals surface area contributed by atoms with Gasteiger partial charge in [0.1, 0.15) is 5.00 Å². The maximum atomic E-state index is 4.70. The molecular formula is C27H41N7S. The number of unbranched alkanes of at least 4 members (excludes halogenated alkanes) is 1. The van der Waals surface area contributed by atoms with Crippen molar-refractivity contribution in [2.45, 2.75) is 78.3 Å². The van der Waals surface area contributed by atoms with Gasteiger partial charge in [0, 0.05) is 37.1 Å². The van der Waals surface area contributed by atoms with Gasteiger partial charge in [0.2, 0.25) is 0 Å². The zero-order valence-electron chi connectivity index (χ0n) is 22.2. The van der Waals surface area contributed by atoms with E-state index in [1.54, 1.807) is 0 Å². The molecule has 0 aromatic carbocycles. The smallest absolute Gasteiger partial charge is 0.180 e. The van der Waals surface area contributed by atoms with E-state index in [4.69, 9.17) is 4.98 Å². The van der Waals surface area contributed by atoms with Gasteiger partial charge in [0.25, 0.3) is 0 Å². The highest BCUT2D eigenvalue weighted by atomic mass is 32.1. The van der Waals surface area contributed by atoms with E-state index in [0.29, 0.717) is 5.54 Å². The summed E-state index contributed by atoms with van der Waals surface area (Å²) in [6.45, 7) is 13.4. The lowest BCUT2D eigenvalue weighted by Gasteiger charge is -2.48. The molecule has 0 aliphatic heterocycles. The van der Waals surface area contributed by atoms with Crippen LogP contribution in [0.3, 0.4) is 0 Å². The third-order valence-corrected chi connectivity index (χ3v) is 7.62. The standard InChI is InChI=1S/C23H31N7S.C4H10/c1-6-17(12-24-4)19-13-25-22-21(26-16(3)14-30(19)22)27-20-11-18(28-31-20)15-29(5)23(7-2)9-8-10-23;1-3-4-2/h6,11-14,24H,1,7-10,15H2,2-5H3,(H,26,27);3-4H2,1-2H3/b17-12+;. The van der Waals surface area contributed by atoms with E-state index in [2.05, 4.69) is 65.4 Å². The number of aromatic nitrogens is 4. The van der Waals surface area contributed by atoms with Crippen molar-refractivity contribution in [3.05, 3.63) is 54.4 Å². The van der Waals surface area contributed by atoms with Crippen LogP contribution in [0.2, 0.25) is 0 Å². The number of rotatable bonds is 10. The molecule has 0 bridgehead atoms. The molecular weight excluding hydrogens is 454 g/mol. The van der Waals surface area contributed by atoms with E-state index in [1.165, 1.54) is 50.1 Å². The van der Waals surface area contributed by atoms with Crippen LogP contribution in [0.25, 0.3) is 11.2 Å². The van der Waals surface area contributed by atoms with Crippen LogP contribution in [-0.2, 0) is 6.54 Å². The SMILES string of the molecule is C=C/C(=C\NC)c1cnc2c(Nc3cc(CN(C)C4(CC)CCC4)ns3)nc(C)cn12.CCCC. The fraction of sp³-hybridized carbons (Fsp3) is 0.519. The van der Waals surface area contributed by atoms with Crippen molar-refractivity contribution in [1.29, 1.82) is 0 Å². The molecule has 2 N–H and O–H groups in total. The van der Waals surface area contributed by atoms with Gasteiger partial charge >= 0.3 is 0 Å². The van der Waals surface area contributed by atoms with E-state index in [1.807, 2.05) is 43.0 Å². The Hall–Kier alpha value is -2.71. The number of hydrogen-bond acceptors (Lipinski definition) is 7. The summed E-state index contributed by atoms with van der Waals surface area (Å²) in [4.78, 5) is 11.8. The second-order valence-corrected chi connectivity index (χ2v) is 10.1. The zero-order chi connectivity index (χ0) is 25.4. The number of allylic oxidation sites excluding steroid dienone is 2. The molecule has 0 amide bonds. The third kappa shape index (κ3) is 6.11. The van der Waals surface area contributed by atoms with Gasteiger partial charge in [-0.1, -0.05) is 46.3 Å². The van der Waals surface area contributed by atoms with Crippen LogP contribution in [0.5, 0.6) is 0 Å². The lowest BCUT2D eigenvalue weighted by molar-refractivity contribution is 0.0272. The van der Waals surface area contributed by atoms with E-state index in [0.717, 1.165) is 45.7 Å². The van der Waals surface area contributed by atoms with Crippen LogP contribution in [0.15, 0.2) is 37.3 Å². The predicted octanol–water partition coefficient (Wildman–Crippen LogP) is 6.56. The van der Waals surface area contributed by atoms with Crippen LogP contribution in [-0.4, -0.2) is 43.3 Å². The fourth-order valence-corrected chi connectivity index (χ4v) is 5.02. The van der Waals surface area contributed by atoms with Crippen LogP contribution in [0.1, 0.15) is 76.4 Å². The number of nitrogens with one attached hydrogen (secondary N) is 2. The normalized spacial score (nSPS) is 14.9. The molecule has 3 aromatic rings. The maximum Gasteiger partial charge on any atom is 0.180 e. The first-order chi connectivity index (χ1) is 16.9. The highest BCUT2D eigenvalue weighted by Crippen LogP contribution is 2.40. The summed E-state index contributed by atoms with van der Waals surface area (Å²) in [5, 5.41) is 7.49. The van der Waals surface area contributed by atoms with Gasteiger partial charge in [-0.15, -0.1) is 0 Å². The van der Waals surface area contributed by atoms with Crippen molar-refractivity contribution < 1.29 is 0 Å². The molecule has 1 fully saturated rings. The molecule has 0 unspecified atom stereocenters. The molecule has 35 heavy (non-hydrogen) atoms. The minimum absolute atomic E-state index is 0.359. The number of imidazole rings is 1. The van der Waals surface area contributed by atoms with Crippen molar-refractivity contribution >= 4 is 33.6 Å². The molecule has 3 heterocycles. The highest BCUT2D eigenvalue weighted by molar-refractivity contribution is 7.10. The molecule has 0 saturated heterocycles. The summed E-state index contributed by atoms with van der Waals surface area (Å²) in [7, 11) is 4.10. The Morgan fingerprint density at radius 1 is 1.29 bits per heavy atom. The summed E-state index contributed by atoms with van der Waals surface area (Å²) in [6, 6.07) is 2.13. The molecule has 0 radical (unpaired) electrons. The first-order valence-electron chi connectivity index (χ1n) is 12.7. The predicted molar refractivity (Wildman–Crippen MR) is 149 cm³/mol. The van der Waals surface area contributed by atoms with Gasteiger partial charge in [-0.25, -0.2) is 9.97 Å². The number of anilines is 2. The lowest BCUT2D eigenvalue weighted by atomic mass is 9.73. The number of fused-ring (bicyclic) bond motifs is 1. The Morgan fingerprint density at radius 3 is 2.60 bits per heavy atom. The van der Waals surface area contributed by atoms with E-state index >= 15 is 0 Å². The van der Waals surface area contributed by atoms with Gasteiger partial charge in [0.05, 0.1) is 23.3 Å². The average Bonchev–Trinajstić information content (AvgIpc) is 3.44. The van der Waals surface area contributed by atoms with Crippen molar-refractivity contribution in [2.24, 2.45) is 0 Å². The van der Waals surface area contributed by atoms with E-state index < -0.39 is 0 Å². The Kier molecular flexibility index (Phi) is 9.46. The molecule has 1 saturated carbocycles. The summed E-state index contributed by atoms with van der Waals surface area (Å²) in [5.41, 5.74) is 5.06. The Balaban J connectivity index is 0.000000795. The fourth-order valence-electron chi connectivity index (χ4n) is 4.36. The molecule has 0 atom stereocenters. The van der Waals surface area contributed by atoms with Gasteiger partial charge < -0.3 is 10.6 Å². The Labute approximate surface area is 214 Å². The number of aryl methyl sites for hydroxylation is 1. The van der Waals surface area contributed by atoms with Crippen molar-refractivity contribution in [3.63, 3.8) is 0 Å². The average molecular weight is 496 g/mol. The summed E-state index contributed by atoms with van der Waals surface area (Å²) in [6.07, 6.45) is 15.3. The Morgan fingerprint density at radius 2 is 2.03 bits per heavy atom. The molecule has 1 aliphatic rings. The quantitative estimate of drug-likeness (QED) is 0.311. The van der Waals surface area contributed by atoms with Crippen LogP contribution < -0.4 is 10.6 Å². The molecule has 3 aromatic heterocycles. The van der Waals surface area contributed by atoms with Crippen molar-refractivity contribution in [3.8, 4) is 0 Å². The molecule has 8 heteroatoms. The van der Waals surface area contributed by atoms with Gasteiger partial charge in [-0.2, -0.15) is 4.37 Å². The van der Waals surface area contributed by atoms with Gasteiger partial charge in [-0.05, 0) is 57.3 Å². The van der Waals surface area contributed by atoms with Crippen molar-refractivity contribution in [2.75, 3.05) is 19.4 Å². The molecule has 0 spiro atoms. The van der Waals surface area contributed by atoms with Gasteiger partial charge in [-0.3, -0.25) is 9.30 Å². The largest absolute Gasteiger partial charge is 0.393 e. The number of nitrogens with zero attached hydrogens (tertiary/aromatic N) is 5. The minimum atomic E-state index is 0.359. The van der Waals surface area contributed by atoms with E-state index in [-0.39, 0.29) is 0 Å². The second kappa shape index (κ2) is 12.3. The first kappa shape index (κ1) is 26.9. The second-order valence-electron chi connectivity index (χ2n) is 9.26. The van der Waals surface area contributed by atoms with Crippen LogP contribution in [0.4, 0.5) is 10.8 Å². The maximum absolute atomic E-state index is 4.70. The van der Waals surface area contributed by atoms with Crippen LogP contribution in [0, 0.1) is 6.92 Å². The molecule has 7 nitrogen and oxygen atoms in total. The third-order valence-electron chi connectivity index (χ3n) is 6.88.